The van der Waals surface area contributed by atoms with E-state index in [1.165, 1.54) is 0 Å². The zero-order valence-corrected chi connectivity index (χ0v) is 8.38. The molecule has 1 N–H and O–H groups in total. The minimum absolute atomic E-state index is 0.204. The number of rotatable bonds is 6. The maximum absolute atomic E-state index is 10.7. The Bertz CT molecular complexity index is 138. The van der Waals surface area contributed by atoms with E-state index < -0.39 is 11.9 Å². The largest absolute Gasteiger partial charge is 0.481 e. The fraction of sp³-hybridized carbons (Fsp3) is 0.875. The Labute approximate surface area is 78.5 Å². The molecule has 2 atom stereocenters. The third-order valence-corrected chi connectivity index (χ3v) is 2.23. The van der Waals surface area contributed by atoms with Gasteiger partial charge in [-0.2, -0.15) is 12.6 Å². The number of carboxylic acid groups (broad SMARTS) is 1. The van der Waals surface area contributed by atoms with Crippen LogP contribution in [0.1, 0.15) is 19.8 Å². The molecule has 0 aliphatic rings. The summed E-state index contributed by atoms with van der Waals surface area (Å²) in [6.07, 6.45) is 1.49. The number of hydrogen-bond donors (Lipinski definition) is 2. The molecule has 3 nitrogen and oxygen atoms in total. The Morgan fingerprint density at radius 1 is 1.67 bits per heavy atom. The molecule has 0 fully saturated rings. The van der Waals surface area contributed by atoms with Crippen molar-refractivity contribution in [3.05, 3.63) is 0 Å². The third-order valence-electron chi connectivity index (χ3n) is 1.84. The molecule has 0 spiro atoms. The highest BCUT2D eigenvalue weighted by Gasteiger charge is 2.25. The van der Waals surface area contributed by atoms with Crippen molar-refractivity contribution in [2.75, 3.05) is 12.9 Å². The zero-order valence-electron chi connectivity index (χ0n) is 7.49. The highest BCUT2D eigenvalue weighted by molar-refractivity contribution is 7.80. The number of thiol groups is 1. The lowest BCUT2D eigenvalue weighted by Gasteiger charge is -2.20. The minimum Gasteiger partial charge on any atom is -0.481 e. The fourth-order valence-electron chi connectivity index (χ4n) is 1.12. The molecule has 0 heterocycles. The van der Waals surface area contributed by atoms with Crippen LogP contribution in [0.4, 0.5) is 0 Å². The molecule has 0 amide bonds. The molecule has 0 aromatic carbocycles. The Kier molecular flexibility index (Phi) is 6.20. The lowest BCUT2D eigenvalue weighted by molar-refractivity contribution is -0.145. The maximum Gasteiger partial charge on any atom is 0.309 e. The van der Waals surface area contributed by atoms with E-state index in [2.05, 4.69) is 12.6 Å². The second-order valence-corrected chi connectivity index (χ2v) is 3.06. The molecule has 2 unspecified atom stereocenters. The van der Waals surface area contributed by atoms with Crippen molar-refractivity contribution in [3.63, 3.8) is 0 Å². The van der Waals surface area contributed by atoms with Crippen LogP contribution >= 0.6 is 12.6 Å². The first kappa shape index (κ1) is 11.8. The topological polar surface area (TPSA) is 46.5 Å². The van der Waals surface area contributed by atoms with Gasteiger partial charge < -0.3 is 9.84 Å². The number of carbonyl (C=O) groups is 1. The first-order chi connectivity index (χ1) is 5.67. The van der Waals surface area contributed by atoms with Gasteiger partial charge in [0.25, 0.3) is 0 Å². The zero-order chi connectivity index (χ0) is 9.56. The van der Waals surface area contributed by atoms with Crippen molar-refractivity contribution >= 4 is 18.6 Å². The van der Waals surface area contributed by atoms with Crippen LogP contribution in [0.15, 0.2) is 0 Å². The van der Waals surface area contributed by atoms with Crippen LogP contribution in [0.2, 0.25) is 0 Å². The molecule has 4 heteroatoms. The van der Waals surface area contributed by atoms with Crippen molar-refractivity contribution in [3.8, 4) is 0 Å². The number of methoxy groups -OCH3 is 1. The summed E-state index contributed by atoms with van der Waals surface area (Å²) in [5.41, 5.74) is 0. The standard InChI is InChI=1S/C8H16O3S/c1-3-4-7(11-2)6(5-12)8(9)10/h6-7,12H,3-5H2,1-2H3,(H,9,10). The van der Waals surface area contributed by atoms with E-state index >= 15 is 0 Å². The van der Waals surface area contributed by atoms with Crippen LogP contribution in [0, 0.1) is 5.92 Å². The molecule has 72 valence electrons. The summed E-state index contributed by atoms with van der Waals surface area (Å²) in [7, 11) is 1.54. The van der Waals surface area contributed by atoms with E-state index in [1.54, 1.807) is 7.11 Å². The van der Waals surface area contributed by atoms with Gasteiger partial charge >= 0.3 is 5.97 Å². The smallest absolute Gasteiger partial charge is 0.309 e. The van der Waals surface area contributed by atoms with Crippen LogP contribution in [-0.2, 0) is 9.53 Å². The summed E-state index contributed by atoms with van der Waals surface area (Å²) in [6, 6.07) is 0. The second kappa shape index (κ2) is 6.31. The second-order valence-electron chi connectivity index (χ2n) is 2.69. The number of aliphatic carboxylic acids is 1. The first-order valence-electron chi connectivity index (χ1n) is 4.03. The molecule has 0 aromatic rings. The monoisotopic (exact) mass is 192 g/mol. The molecular weight excluding hydrogens is 176 g/mol. The molecule has 0 rings (SSSR count). The Morgan fingerprint density at radius 3 is 2.50 bits per heavy atom. The van der Waals surface area contributed by atoms with Crippen LogP contribution in [0.3, 0.4) is 0 Å². The summed E-state index contributed by atoms with van der Waals surface area (Å²) in [4.78, 5) is 10.7. The summed E-state index contributed by atoms with van der Waals surface area (Å²) in [5, 5.41) is 8.77. The molecule has 0 aliphatic carbocycles. The van der Waals surface area contributed by atoms with Crippen molar-refractivity contribution in [1.29, 1.82) is 0 Å². The van der Waals surface area contributed by atoms with Gasteiger partial charge in [0.05, 0.1) is 12.0 Å². The average Bonchev–Trinajstić information content (AvgIpc) is 2.03. The lowest BCUT2D eigenvalue weighted by Crippen LogP contribution is -2.31. The predicted molar refractivity (Wildman–Crippen MR) is 50.7 cm³/mol. The summed E-state index contributed by atoms with van der Waals surface area (Å²) in [6.45, 7) is 2.00. The van der Waals surface area contributed by atoms with E-state index in [0.717, 1.165) is 12.8 Å². The first-order valence-corrected chi connectivity index (χ1v) is 4.67. The van der Waals surface area contributed by atoms with E-state index in [9.17, 15) is 4.79 Å². The minimum atomic E-state index is -0.828. The van der Waals surface area contributed by atoms with Gasteiger partial charge in [-0.05, 0) is 6.42 Å². The Balaban J connectivity index is 4.12. The Hall–Kier alpha value is -0.220. The molecule has 0 saturated carbocycles. The van der Waals surface area contributed by atoms with E-state index in [-0.39, 0.29) is 6.10 Å². The van der Waals surface area contributed by atoms with Gasteiger partial charge in [-0.3, -0.25) is 4.79 Å². The van der Waals surface area contributed by atoms with Gasteiger partial charge in [0.2, 0.25) is 0 Å². The van der Waals surface area contributed by atoms with Crippen molar-refractivity contribution in [2.24, 2.45) is 5.92 Å². The summed E-state index contributed by atoms with van der Waals surface area (Å²) >= 11 is 3.98. The number of ether oxygens (including phenoxy) is 1. The average molecular weight is 192 g/mol. The van der Waals surface area contributed by atoms with Crippen LogP contribution in [-0.4, -0.2) is 30.0 Å². The summed E-state index contributed by atoms with van der Waals surface area (Å²) in [5.74, 6) is -0.989. The summed E-state index contributed by atoms with van der Waals surface area (Å²) < 4.78 is 5.08. The molecule has 0 aliphatic heterocycles. The normalized spacial score (nSPS) is 15.6. The van der Waals surface area contributed by atoms with Gasteiger partial charge in [-0.15, -0.1) is 0 Å². The van der Waals surface area contributed by atoms with Gasteiger partial charge in [0.1, 0.15) is 0 Å². The van der Waals surface area contributed by atoms with E-state index in [1.807, 2.05) is 6.92 Å². The number of carboxylic acids is 1. The Morgan fingerprint density at radius 2 is 2.25 bits per heavy atom. The van der Waals surface area contributed by atoms with Crippen molar-refractivity contribution < 1.29 is 14.6 Å². The van der Waals surface area contributed by atoms with Crippen LogP contribution in [0.5, 0.6) is 0 Å². The molecule has 12 heavy (non-hydrogen) atoms. The SMILES string of the molecule is CCCC(OC)C(CS)C(=O)O. The van der Waals surface area contributed by atoms with Crippen LogP contribution in [0.25, 0.3) is 0 Å². The predicted octanol–water partition coefficient (Wildman–Crippen LogP) is 1.43. The fourth-order valence-corrected chi connectivity index (χ4v) is 1.51. The van der Waals surface area contributed by atoms with Crippen LogP contribution < -0.4 is 0 Å². The van der Waals surface area contributed by atoms with Gasteiger partial charge in [-0.25, -0.2) is 0 Å². The van der Waals surface area contributed by atoms with Crippen molar-refractivity contribution in [1.82, 2.24) is 0 Å². The van der Waals surface area contributed by atoms with Gasteiger partial charge in [0, 0.05) is 12.9 Å². The third kappa shape index (κ3) is 3.45. The van der Waals surface area contributed by atoms with Gasteiger partial charge in [0.15, 0.2) is 0 Å². The van der Waals surface area contributed by atoms with E-state index in [4.69, 9.17) is 9.84 Å². The van der Waals surface area contributed by atoms with E-state index in [0.29, 0.717) is 5.75 Å². The molecule has 0 saturated heterocycles. The molecular formula is C8H16O3S. The molecule has 0 radical (unpaired) electrons. The highest BCUT2D eigenvalue weighted by Crippen LogP contribution is 2.14. The quantitative estimate of drug-likeness (QED) is 0.626. The molecule has 0 bridgehead atoms. The number of hydrogen-bond acceptors (Lipinski definition) is 3. The molecule has 0 aromatic heterocycles. The van der Waals surface area contributed by atoms with Crippen molar-refractivity contribution in [2.45, 2.75) is 25.9 Å². The lowest BCUT2D eigenvalue weighted by atomic mass is 10.0. The van der Waals surface area contributed by atoms with Gasteiger partial charge in [-0.1, -0.05) is 13.3 Å². The maximum atomic E-state index is 10.7. The highest BCUT2D eigenvalue weighted by atomic mass is 32.1.